The molecular weight excluding hydrogens is 420 g/mol. The molecule has 7 nitrogen and oxygen atoms in total. The van der Waals surface area contributed by atoms with E-state index in [9.17, 15) is 19.5 Å². The van der Waals surface area contributed by atoms with Gasteiger partial charge in [0.1, 0.15) is 6.61 Å². The number of piperidine rings is 1. The quantitative estimate of drug-likeness (QED) is 0.703. The molecule has 2 aromatic carbocycles. The number of aliphatic carboxylic acids is 1. The Bertz CT molecular complexity index is 1090. The molecule has 0 saturated carbocycles. The van der Waals surface area contributed by atoms with Crippen molar-refractivity contribution in [1.82, 2.24) is 10.2 Å². The summed E-state index contributed by atoms with van der Waals surface area (Å²) in [6.07, 6.45) is 0.579. The van der Waals surface area contributed by atoms with Gasteiger partial charge < -0.3 is 20.1 Å². The fourth-order valence-corrected chi connectivity index (χ4v) is 4.55. The number of carboxylic acids is 1. The number of nitrogens with zero attached hydrogens (tertiary/aromatic N) is 1. The van der Waals surface area contributed by atoms with Crippen molar-refractivity contribution in [2.45, 2.75) is 31.7 Å². The molecule has 7 heteroatoms. The summed E-state index contributed by atoms with van der Waals surface area (Å²) in [7, 11) is 0. The number of benzene rings is 2. The van der Waals surface area contributed by atoms with Crippen LogP contribution in [-0.2, 0) is 14.3 Å². The number of amides is 2. The fourth-order valence-electron chi connectivity index (χ4n) is 4.55. The maximum Gasteiger partial charge on any atom is 0.407 e. The van der Waals surface area contributed by atoms with E-state index in [2.05, 4.69) is 41.4 Å². The van der Waals surface area contributed by atoms with Gasteiger partial charge in [-0.25, -0.2) is 4.79 Å². The lowest BCUT2D eigenvalue weighted by atomic mass is 9.93. The van der Waals surface area contributed by atoms with Gasteiger partial charge in [-0.1, -0.05) is 54.5 Å². The summed E-state index contributed by atoms with van der Waals surface area (Å²) >= 11 is 0. The molecular formula is C26H26N2O5. The van der Waals surface area contributed by atoms with Gasteiger partial charge in [-0.05, 0) is 47.9 Å². The van der Waals surface area contributed by atoms with Crippen molar-refractivity contribution in [3.63, 3.8) is 0 Å². The monoisotopic (exact) mass is 446 g/mol. The molecule has 0 spiro atoms. The van der Waals surface area contributed by atoms with Crippen LogP contribution in [0.5, 0.6) is 0 Å². The Morgan fingerprint density at radius 2 is 1.70 bits per heavy atom. The van der Waals surface area contributed by atoms with Crippen LogP contribution in [0.3, 0.4) is 0 Å². The summed E-state index contributed by atoms with van der Waals surface area (Å²) in [6, 6.07) is 16.1. The SMILES string of the molecule is CC1CCC(C(=O)O)CN1C(=O)C#CCNC(=O)OCC1c2ccccc2-c2ccccc21. The number of alkyl carbamates (subject to hydrolysis) is 1. The molecule has 2 aliphatic rings. The van der Waals surface area contributed by atoms with Gasteiger partial charge in [0.2, 0.25) is 0 Å². The average molecular weight is 447 g/mol. The largest absolute Gasteiger partial charge is 0.481 e. The second-order valence-corrected chi connectivity index (χ2v) is 8.40. The lowest BCUT2D eigenvalue weighted by Crippen LogP contribution is -2.47. The Labute approximate surface area is 192 Å². The minimum atomic E-state index is -0.899. The van der Waals surface area contributed by atoms with Gasteiger partial charge in [0, 0.05) is 18.5 Å². The first kappa shape index (κ1) is 22.4. The van der Waals surface area contributed by atoms with E-state index in [1.807, 2.05) is 31.2 Å². The van der Waals surface area contributed by atoms with Gasteiger partial charge in [0.15, 0.2) is 0 Å². The van der Waals surface area contributed by atoms with Crippen molar-refractivity contribution in [3.8, 4) is 23.0 Å². The maximum absolute atomic E-state index is 12.4. The van der Waals surface area contributed by atoms with Gasteiger partial charge in [-0.2, -0.15) is 0 Å². The Hall–Kier alpha value is -3.79. The zero-order chi connectivity index (χ0) is 23.4. The molecule has 170 valence electrons. The smallest absolute Gasteiger partial charge is 0.407 e. The number of nitrogens with one attached hydrogen (secondary N) is 1. The van der Waals surface area contributed by atoms with Crippen molar-refractivity contribution in [3.05, 3.63) is 59.7 Å². The van der Waals surface area contributed by atoms with Crippen molar-refractivity contribution in [2.75, 3.05) is 19.7 Å². The molecule has 1 aliphatic heterocycles. The highest BCUT2D eigenvalue weighted by Gasteiger charge is 2.32. The Kier molecular flexibility index (Phi) is 6.64. The number of carbonyl (C=O) groups excluding carboxylic acids is 2. The van der Waals surface area contributed by atoms with E-state index in [4.69, 9.17) is 4.74 Å². The van der Waals surface area contributed by atoms with Crippen LogP contribution >= 0.6 is 0 Å². The number of carbonyl (C=O) groups is 3. The average Bonchev–Trinajstić information content (AvgIpc) is 3.14. The molecule has 33 heavy (non-hydrogen) atoms. The fraction of sp³-hybridized carbons (Fsp3) is 0.346. The molecule has 2 amide bonds. The van der Waals surface area contributed by atoms with Crippen LogP contribution in [0.4, 0.5) is 4.79 Å². The molecule has 1 heterocycles. The van der Waals surface area contributed by atoms with Gasteiger partial charge in [-0.3, -0.25) is 9.59 Å². The molecule has 0 radical (unpaired) electrons. The molecule has 4 rings (SSSR count). The molecule has 2 N–H and O–H groups in total. The van der Waals surface area contributed by atoms with Gasteiger partial charge in [0.05, 0.1) is 12.5 Å². The van der Waals surface area contributed by atoms with Crippen molar-refractivity contribution >= 4 is 18.0 Å². The predicted molar refractivity (Wildman–Crippen MR) is 122 cm³/mol. The number of hydrogen-bond acceptors (Lipinski definition) is 4. The van der Waals surface area contributed by atoms with Crippen molar-refractivity contribution in [1.29, 1.82) is 0 Å². The van der Waals surface area contributed by atoms with E-state index in [1.54, 1.807) is 0 Å². The van der Waals surface area contributed by atoms with E-state index in [1.165, 1.54) is 4.90 Å². The summed E-state index contributed by atoms with van der Waals surface area (Å²) in [5.74, 6) is 3.21. The first-order valence-corrected chi connectivity index (χ1v) is 11.1. The van der Waals surface area contributed by atoms with Gasteiger partial charge in [0.25, 0.3) is 5.91 Å². The van der Waals surface area contributed by atoms with Crippen LogP contribution in [0.2, 0.25) is 0 Å². The van der Waals surface area contributed by atoms with Crippen LogP contribution in [0.1, 0.15) is 36.8 Å². The van der Waals surface area contributed by atoms with Crippen molar-refractivity contribution < 1.29 is 24.2 Å². The summed E-state index contributed by atoms with van der Waals surface area (Å²) in [5, 5.41) is 11.8. The summed E-state index contributed by atoms with van der Waals surface area (Å²) in [5.41, 5.74) is 4.58. The number of rotatable bonds is 4. The second kappa shape index (κ2) is 9.78. The Morgan fingerprint density at radius 1 is 1.06 bits per heavy atom. The molecule has 2 unspecified atom stereocenters. The van der Waals surface area contributed by atoms with E-state index < -0.39 is 23.9 Å². The van der Waals surface area contributed by atoms with Crippen LogP contribution in [0, 0.1) is 17.8 Å². The van der Waals surface area contributed by atoms with Crippen LogP contribution in [0.15, 0.2) is 48.5 Å². The third-order valence-corrected chi connectivity index (χ3v) is 6.35. The summed E-state index contributed by atoms with van der Waals surface area (Å²) in [4.78, 5) is 37.3. The molecule has 2 aromatic rings. The van der Waals surface area contributed by atoms with Crippen LogP contribution in [0.25, 0.3) is 11.1 Å². The predicted octanol–water partition coefficient (Wildman–Crippen LogP) is 3.24. The Balaban J connectivity index is 1.29. The van der Waals surface area contributed by atoms with Gasteiger partial charge in [-0.15, -0.1) is 0 Å². The third-order valence-electron chi connectivity index (χ3n) is 6.35. The zero-order valence-corrected chi connectivity index (χ0v) is 18.4. The highest BCUT2D eigenvalue weighted by Crippen LogP contribution is 2.44. The standard InChI is InChI=1S/C26H26N2O5/c1-17-12-13-18(25(30)31)15-28(17)24(29)11-6-14-27-26(32)33-16-23-21-9-4-2-7-19(21)20-8-3-5-10-22(20)23/h2-5,7-10,17-18,23H,12-16H2,1H3,(H,27,32)(H,30,31). The molecule has 0 bridgehead atoms. The van der Waals surface area contributed by atoms with Gasteiger partial charge >= 0.3 is 12.1 Å². The lowest BCUT2D eigenvalue weighted by molar-refractivity contribution is -0.145. The number of carboxylic acid groups (broad SMARTS) is 1. The van der Waals surface area contributed by atoms with Crippen molar-refractivity contribution in [2.24, 2.45) is 5.92 Å². The number of likely N-dealkylation sites (tertiary alicyclic amines) is 1. The topological polar surface area (TPSA) is 95.9 Å². The summed E-state index contributed by atoms with van der Waals surface area (Å²) < 4.78 is 5.44. The van der Waals surface area contributed by atoms with E-state index in [-0.39, 0.29) is 31.7 Å². The van der Waals surface area contributed by atoms with Crippen LogP contribution < -0.4 is 5.32 Å². The molecule has 0 aromatic heterocycles. The minimum absolute atomic E-state index is 0.0291. The van der Waals surface area contributed by atoms with Crippen LogP contribution in [-0.4, -0.2) is 53.7 Å². The highest BCUT2D eigenvalue weighted by atomic mass is 16.5. The third kappa shape index (κ3) is 4.85. The lowest BCUT2D eigenvalue weighted by Gasteiger charge is -2.35. The molecule has 1 saturated heterocycles. The first-order valence-electron chi connectivity index (χ1n) is 11.1. The normalized spacial score (nSPS) is 19.0. The van der Waals surface area contributed by atoms with E-state index >= 15 is 0 Å². The molecule has 1 aliphatic carbocycles. The zero-order valence-electron chi connectivity index (χ0n) is 18.4. The summed E-state index contributed by atoms with van der Waals surface area (Å²) in [6.45, 7) is 2.21. The van der Waals surface area contributed by atoms with E-state index in [0.29, 0.717) is 12.8 Å². The number of ether oxygens (including phenoxy) is 1. The number of hydrogen-bond donors (Lipinski definition) is 2. The first-order chi connectivity index (χ1) is 16.0. The maximum atomic E-state index is 12.4. The highest BCUT2D eigenvalue weighted by molar-refractivity contribution is 5.94. The molecule has 1 fully saturated rings. The second-order valence-electron chi connectivity index (χ2n) is 8.40. The van der Waals surface area contributed by atoms with E-state index in [0.717, 1.165) is 22.3 Å². The number of fused-ring (bicyclic) bond motifs is 3. The minimum Gasteiger partial charge on any atom is -0.481 e. The molecule has 2 atom stereocenters. The Morgan fingerprint density at radius 3 is 2.33 bits per heavy atom.